The molecule has 11 heavy (non-hydrogen) atoms. The van der Waals surface area contributed by atoms with Crippen molar-refractivity contribution in [1.29, 1.82) is 0 Å². The van der Waals surface area contributed by atoms with E-state index in [4.69, 9.17) is 10.0 Å². The van der Waals surface area contributed by atoms with Crippen molar-refractivity contribution < 1.29 is 53.0 Å². The average Bonchev–Trinajstić information content (AvgIpc) is 1.60. The van der Waals surface area contributed by atoms with E-state index in [-0.39, 0.29) is 20.3 Å². The van der Waals surface area contributed by atoms with Crippen LogP contribution in [-0.4, -0.2) is 29.5 Å². The van der Waals surface area contributed by atoms with Gasteiger partial charge in [-0.3, -0.25) is 0 Å². The number of alkyl halides is 3. The van der Waals surface area contributed by atoms with E-state index in [0.717, 1.165) is 0 Å². The topological polar surface area (TPSA) is 66.8 Å². The third kappa shape index (κ3) is 6.25. The summed E-state index contributed by atoms with van der Waals surface area (Å²) in [7, 11) is -2.73. The van der Waals surface area contributed by atoms with Gasteiger partial charge in [-0.2, -0.15) is 13.2 Å². The van der Waals surface area contributed by atoms with Crippen LogP contribution in [0.15, 0.2) is 0 Å². The zero-order valence-electron chi connectivity index (χ0n) is 6.42. The van der Waals surface area contributed by atoms with Crippen molar-refractivity contribution in [2.45, 2.75) is 6.18 Å². The molecule has 0 heterocycles. The van der Waals surface area contributed by atoms with E-state index in [1.165, 1.54) is 0 Å². The first-order valence-corrected chi connectivity index (χ1v) is 1.98. The van der Waals surface area contributed by atoms with E-state index >= 15 is 0 Å². The molecule has 0 aliphatic carbocycles. The summed E-state index contributed by atoms with van der Waals surface area (Å²) < 4.78 is 36.3. The largest absolute Gasteiger partial charge is 1.00 e. The van der Waals surface area contributed by atoms with Gasteiger partial charge in [0, 0.05) is 0 Å². The minimum Gasteiger partial charge on any atom is -1.00 e. The molecule has 0 unspecified atom stereocenters. The monoisotopic (exact) mass is 166 g/mol. The Morgan fingerprint density at radius 1 is 1.45 bits per heavy atom. The van der Waals surface area contributed by atoms with Crippen molar-refractivity contribution in [3.05, 3.63) is 0 Å². The maximum atomic E-state index is 11.1. The van der Waals surface area contributed by atoms with Crippen LogP contribution in [-0.2, 0) is 9.45 Å². The molecule has 2 N–H and O–H groups in total. The predicted molar refractivity (Wildman–Crippen MR) is 23.5 cm³/mol. The summed E-state index contributed by atoms with van der Waals surface area (Å²) >= 11 is 0. The Bertz CT molecular complexity index is 141. The third-order valence-corrected chi connectivity index (χ3v) is 0.444. The van der Waals surface area contributed by atoms with Gasteiger partial charge in [-0.1, -0.05) is 0 Å². The van der Waals surface area contributed by atoms with Crippen LogP contribution in [0, 0.1) is 0 Å². The molecule has 0 aromatic heterocycles. The van der Waals surface area contributed by atoms with E-state index in [2.05, 4.69) is 4.65 Å². The maximum absolute atomic E-state index is 11.1. The van der Waals surface area contributed by atoms with Gasteiger partial charge in [0.25, 0.3) is 0 Å². The Morgan fingerprint density at radius 2 is 1.82 bits per heavy atom. The van der Waals surface area contributed by atoms with Gasteiger partial charge < -0.3 is 16.1 Å². The van der Waals surface area contributed by atoms with Crippen LogP contribution >= 0.6 is 0 Å². The van der Waals surface area contributed by atoms with Gasteiger partial charge in [-0.25, -0.2) is 4.79 Å². The minimum absolute atomic E-state index is 0. The summed E-state index contributed by atoms with van der Waals surface area (Å²) in [6.07, 6.45) is -5.19. The standard InChI is InChI=1S/C2H2BF3O4.Li.H/c4-2(5,6)1(7)10-3(8)9;;/h8-9H;;/q;+1;-1. The van der Waals surface area contributed by atoms with Crippen LogP contribution in [0.4, 0.5) is 13.2 Å². The Balaban J connectivity index is -0.000000405. The van der Waals surface area contributed by atoms with Gasteiger partial charge in [0.05, 0.1) is 0 Å². The summed E-state index contributed by atoms with van der Waals surface area (Å²) in [5, 5.41) is 15.4. The fourth-order valence-electron chi connectivity index (χ4n) is 0.163. The number of hydrogen-bond acceptors (Lipinski definition) is 4. The van der Waals surface area contributed by atoms with E-state index in [9.17, 15) is 18.0 Å². The smallest absolute Gasteiger partial charge is 1.00 e. The molecule has 9 heteroatoms. The normalized spacial score (nSPS) is 9.91. The third-order valence-electron chi connectivity index (χ3n) is 0.444. The Morgan fingerprint density at radius 3 is 1.91 bits per heavy atom. The molecule has 0 aromatic rings. The van der Waals surface area contributed by atoms with Crippen molar-refractivity contribution in [1.82, 2.24) is 0 Å². The number of carbonyl (C=O) groups excluding carboxylic acids is 1. The second kappa shape index (κ2) is 4.67. The molecule has 0 fully saturated rings. The maximum Gasteiger partial charge on any atom is 1.00 e. The van der Waals surface area contributed by atoms with E-state index < -0.39 is 19.5 Å². The molecule has 0 bridgehead atoms. The van der Waals surface area contributed by atoms with E-state index in [1.807, 2.05) is 0 Å². The quantitative estimate of drug-likeness (QED) is 0.391. The molecular formula is C2H3BF3LiO4. The second-order valence-corrected chi connectivity index (χ2v) is 1.23. The van der Waals surface area contributed by atoms with Crippen molar-refractivity contribution in [2.24, 2.45) is 0 Å². The summed E-state index contributed by atoms with van der Waals surface area (Å²) in [6.45, 7) is 0. The van der Waals surface area contributed by atoms with Gasteiger partial charge in [0.1, 0.15) is 0 Å². The first-order valence-electron chi connectivity index (χ1n) is 1.98. The number of rotatable bonds is 1. The molecular weight excluding hydrogens is 163 g/mol. The van der Waals surface area contributed by atoms with Gasteiger partial charge in [0.2, 0.25) is 0 Å². The van der Waals surface area contributed by atoms with Crippen LogP contribution in [0.1, 0.15) is 1.43 Å². The summed E-state index contributed by atoms with van der Waals surface area (Å²) in [4.78, 5) is 9.61. The van der Waals surface area contributed by atoms with Crippen LogP contribution in [0.2, 0.25) is 0 Å². The second-order valence-electron chi connectivity index (χ2n) is 1.23. The van der Waals surface area contributed by atoms with Crippen LogP contribution in [0.5, 0.6) is 0 Å². The molecule has 0 aromatic carbocycles. The molecule has 4 nitrogen and oxygen atoms in total. The molecule has 0 aliphatic rings. The molecule has 0 saturated carbocycles. The van der Waals surface area contributed by atoms with Gasteiger partial charge in [-0.05, 0) is 0 Å². The number of halogens is 3. The number of hydrogen-bond donors (Lipinski definition) is 2. The fraction of sp³-hybridized carbons (Fsp3) is 0.500. The van der Waals surface area contributed by atoms with Crippen molar-refractivity contribution in [3.63, 3.8) is 0 Å². The SMILES string of the molecule is O=C(OB(O)O)C(F)(F)F.[H-].[Li+]. The first kappa shape index (κ1) is 13.4. The average molecular weight is 166 g/mol. The van der Waals surface area contributed by atoms with E-state index in [0.29, 0.717) is 0 Å². The molecule has 0 rings (SSSR count). The number of carbonyl (C=O) groups is 1. The van der Waals surface area contributed by atoms with Crippen molar-refractivity contribution >= 4 is 13.3 Å². The Kier molecular flexibility index (Phi) is 5.70. The fourth-order valence-corrected chi connectivity index (χ4v) is 0.163. The molecule has 60 valence electrons. The zero-order chi connectivity index (χ0) is 8.36. The zero-order valence-corrected chi connectivity index (χ0v) is 5.42. The molecule has 0 radical (unpaired) electrons. The van der Waals surface area contributed by atoms with Gasteiger partial charge >= 0.3 is 38.3 Å². The summed E-state index contributed by atoms with van der Waals surface area (Å²) in [5.74, 6) is -2.64. The summed E-state index contributed by atoms with van der Waals surface area (Å²) in [5.41, 5.74) is 0. The van der Waals surface area contributed by atoms with Crippen molar-refractivity contribution in [3.8, 4) is 0 Å². The van der Waals surface area contributed by atoms with Crippen molar-refractivity contribution in [2.75, 3.05) is 0 Å². The van der Waals surface area contributed by atoms with Gasteiger partial charge in [-0.15, -0.1) is 0 Å². The van der Waals surface area contributed by atoms with E-state index in [1.54, 1.807) is 0 Å². The Labute approximate surface area is 73.2 Å². The van der Waals surface area contributed by atoms with Crippen LogP contribution in [0.3, 0.4) is 0 Å². The molecule has 0 spiro atoms. The predicted octanol–water partition coefficient (Wildman–Crippen LogP) is -3.82. The van der Waals surface area contributed by atoms with Crippen LogP contribution in [0.25, 0.3) is 0 Å². The minimum atomic E-state index is -5.19. The molecule has 0 atom stereocenters. The molecule has 0 saturated heterocycles. The Hall–Kier alpha value is -0.158. The van der Waals surface area contributed by atoms with Gasteiger partial charge in [0.15, 0.2) is 0 Å². The summed E-state index contributed by atoms with van der Waals surface area (Å²) in [6, 6.07) is 0. The van der Waals surface area contributed by atoms with Crippen LogP contribution < -0.4 is 18.9 Å². The first-order chi connectivity index (χ1) is 4.34. The molecule has 0 aliphatic heterocycles. The molecule has 0 amide bonds.